The van der Waals surface area contributed by atoms with Gasteiger partial charge < -0.3 is 5.11 Å². The average Bonchev–Trinajstić information content (AvgIpc) is 2.11. The van der Waals surface area contributed by atoms with Crippen LogP contribution in [0.15, 0.2) is 10.2 Å². The highest BCUT2D eigenvalue weighted by Crippen LogP contribution is 2.18. The SMILES string of the molecule is CC(C)C(O)(CN=[N+]=[N-])CN=[N+]=[N-]. The van der Waals surface area contributed by atoms with E-state index >= 15 is 0 Å². The van der Waals surface area contributed by atoms with Crippen LogP contribution in [0.5, 0.6) is 0 Å². The first-order valence-corrected chi connectivity index (χ1v) is 3.81. The van der Waals surface area contributed by atoms with E-state index in [4.69, 9.17) is 11.1 Å². The lowest BCUT2D eigenvalue weighted by atomic mass is 9.91. The monoisotopic (exact) mass is 184 g/mol. The molecule has 7 heteroatoms. The van der Waals surface area contributed by atoms with Gasteiger partial charge in [0.25, 0.3) is 0 Å². The lowest BCUT2D eigenvalue weighted by Gasteiger charge is -2.28. The molecule has 0 radical (unpaired) electrons. The topological polar surface area (TPSA) is 118 Å². The van der Waals surface area contributed by atoms with Crippen LogP contribution in [-0.4, -0.2) is 23.8 Å². The molecule has 72 valence electrons. The van der Waals surface area contributed by atoms with Gasteiger partial charge in [0, 0.05) is 9.82 Å². The van der Waals surface area contributed by atoms with Gasteiger partial charge in [-0.15, -0.1) is 0 Å². The number of rotatable bonds is 5. The van der Waals surface area contributed by atoms with Gasteiger partial charge in [-0.05, 0) is 17.0 Å². The van der Waals surface area contributed by atoms with Gasteiger partial charge in [0.05, 0.1) is 18.7 Å². The van der Waals surface area contributed by atoms with Gasteiger partial charge in [0.15, 0.2) is 0 Å². The van der Waals surface area contributed by atoms with Crippen molar-refractivity contribution in [3.63, 3.8) is 0 Å². The number of hydrogen-bond acceptors (Lipinski definition) is 3. The van der Waals surface area contributed by atoms with E-state index in [-0.39, 0.29) is 19.0 Å². The van der Waals surface area contributed by atoms with E-state index in [2.05, 4.69) is 20.1 Å². The van der Waals surface area contributed by atoms with Gasteiger partial charge >= 0.3 is 0 Å². The van der Waals surface area contributed by atoms with E-state index in [1.165, 1.54) is 0 Å². The largest absolute Gasteiger partial charge is 0.389 e. The van der Waals surface area contributed by atoms with Crippen LogP contribution in [0.3, 0.4) is 0 Å². The number of azide groups is 2. The molecule has 13 heavy (non-hydrogen) atoms. The molecule has 7 nitrogen and oxygen atoms in total. The van der Waals surface area contributed by atoms with Crippen molar-refractivity contribution in [2.75, 3.05) is 13.1 Å². The summed E-state index contributed by atoms with van der Waals surface area (Å²) in [5, 5.41) is 16.4. The fourth-order valence-corrected chi connectivity index (χ4v) is 0.723. The highest BCUT2D eigenvalue weighted by Gasteiger charge is 2.29. The van der Waals surface area contributed by atoms with Crippen LogP contribution in [0.1, 0.15) is 13.8 Å². The fraction of sp³-hybridized carbons (Fsp3) is 1.00. The van der Waals surface area contributed by atoms with Crippen LogP contribution in [0.4, 0.5) is 0 Å². The van der Waals surface area contributed by atoms with Crippen LogP contribution in [0.2, 0.25) is 0 Å². The predicted molar refractivity (Wildman–Crippen MR) is 47.8 cm³/mol. The third-order valence-corrected chi connectivity index (χ3v) is 1.89. The molecule has 0 aromatic rings. The van der Waals surface area contributed by atoms with Crippen molar-refractivity contribution in [3.8, 4) is 0 Å². The third kappa shape index (κ3) is 3.66. The zero-order valence-corrected chi connectivity index (χ0v) is 7.62. The standard InChI is InChI=1S/C6H12N6O/c1-5(2)6(13,3-9-11-7)4-10-12-8/h5,13H,3-4H2,1-2H3. The highest BCUT2D eigenvalue weighted by molar-refractivity contribution is 4.86. The Kier molecular flexibility index (Phi) is 4.69. The Labute approximate surface area is 75.6 Å². The molecule has 0 rings (SSSR count). The summed E-state index contributed by atoms with van der Waals surface area (Å²) in [5.41, 5.74) is 14.9. The fourth-order valence-electron chi connectivity index (χ4n) is 0.723. The first-order chi connectivity index (χ1) is 6.06. The molecule has 0 bridgehead atoms. The molecule has 0 aliphatic heterocycles. The lowest BCUT2D eigenvalue weighted by Crippen LogP contribution is -2.41. The Morgan fingerprint density at radius 3 is 1.85 bits per heavy atom. The zero-order valence-electron chi connectivity index (χ0n) is 7.62. The molecular formula is C6H12N6O. The Balaban J connectivity index is 4.50. The molecule has 0 heterocycles. The molecule has 0 spiro atoms. The number of hydrogen-bond donors (Lipinski definition) is 1. The van der Waals surface area contributed by atoms with E-state index < -0.39 is 5.60 Å². The summed E-state index contributed by atoms with van der Waals surface area (Å²) in [4.78, 5) is 5.08. The van der Waals surface area contributed by atoms with Crippen molar-refractivity contribution in [2.45, 2.75) is 19.4 Å². The Hall–Kier alpha value is -1.42. The Morgan fingerprint density at radius 1 is 1.23 bits per heavy atom. The summed E-state index contributed by atoms with van der Waals surface area (Å²) >= 11 is 0. The second kappa shape index (κ2) is 5.27. The van der Waals surface area contributed by atoms with Crippen molar-refractivity contribution in [1.29, 1.82) is 0 Å². The summed E-state index contributed by atoms with van der Waals surface area (Å²) in [5.74, 6) is -0.136. The molecule has 0 atom stereocenters. The van der Waals surface area contributed by atoms with Crippen LogP contribution >= 0.6 is 0 Å². The van der Waals surface area contributed by atoms with Crippen molar-refractivity contribution < 1.29 is 5.11 Å². The van der Waals surface area contributed by atoms with Crippen molar-refractivity contribution >= 4 is 0 Å². The summed E-state index contributed by atoms with van der Waals surface area (Å²) in [7, 11) is 0. The minimum atomic E-state index is -1.24. The van der Waals surface area contributed by atoms with Crippen molar-refractivity contribution in [2.24, 2.45) is 16.1 Å². The van der Waals surface area contributed by atoms with Gasteiger partial charge in [-0.3, -0.25) is 0 Å². The first-order valence-electron chi connectivity index (χ1n) is 3.81. The van der Waals surface area contributed by atoms with Gasteiger partial charge in [-0.1, -0.05) is 24.1 Å². The molecule has 0 aromatic heterocycles. The zero-order chi connectivity index (χ0) is 10.3. The van der Waals surface area contributed by atoms with Crippen molar-refractivity contribution in [3.05, 3.63) is 20.9 Å². The van der Waals surface area contributed by atoms with E-state index in [9.17, 15) is 5.11 Å². The summed E-state index contributed by atoms with van der Waals surface area (Å²) < 4.78 is 0. The molecule has 1 N–H and O–H groups in total. The smallest absolute Gasteiger partial charge is 0.0783 e. The second-order valence-corrected chi connectivity index (χ2v) is 3.04. The van der Waals surface area contributed by atoms with Gasteiger partial charge in [-0.25, -0.2) is 0 Å². The molecule has 0 aliphatic rings. The maximum atomic E-state index is 9.82. The van der Waals surface area contributed by atoms with Crippen LogP contribution in [0, 0.1) is 5.92 Å². The van der Waals surface area contributed by atoms with Gasteiger partial charge in [0.1, 0.15) is 0 Å². The second-order valence-electron chi connectivity index (χ2n) is 3.04. The molecule has 0 fully saturated rings. The van der Waals surface area contributed by atoms with E-state index in [0.29, 0.717) is 0 Å². The minimum Gasteiger partial charge on any atom is -0.389 e. The van der Waals surface area contributed by atoms with Crippen LogP contribution in [-0.2, 0) is 0 Å². The highest BCUT2D eigenvalue weighted by atomic mass is 16.3. The third-order valence-electron chi connectivity index (χ3n) is 1.89. The van der Waals surface area contributed by atoms with Crippen molar-refractivity contribution in [1.82, 2.24) is 0 Å². The predicted octanol–water partition coefficient (Wildman–Crippen LogP) is 1.99. The average molecular weight is 184 g/mol. The summed E-state index contributed by atoms with van der Waals surface area (Å²) in [6.45, 7) is 3.36. The Morgan fingerprint density at radius 2 is 1.62 bits per heavy atom. The normalized spacial score (nSPS) is 14.2. The summed E-state index contributed by atoms with van der Waals surface area (Å²) in [6, 6.07) is 0. The van der Waals surface area contributed by atoms with E-state index in [1.807, 2.05) is 0 Å². The van der Waals surface area contributed by atoms with Gasteiger partial charge in [0.2, 0.25) is 0 Å². The van der Waals surface area contributed by atoms with Crippen LogP contribution < -0.4 is 0 Å². The number of aliphatic hydroxyl groups is 1. The Bertz CT molecular complexity index is 230. The van der Waals surface area contributed by atoms with Gasteiger partial charge in [-0.2, -0.15) is 0 Å². The lowest BCUT2D eigenvalue weighted by molar-refractivity contribution is 0.0128. The van der Waals surface area contributed by atoms with E-state index in [0.717, 1.165) is 0 Å². The molecule has 0 amide bonds. The summed E-state index contributed by atoms with van der Waals surface area (Å²) in [6.07, 6.45) is 0. The molecule has 0 aromatic carbocycles. The first kappa shape index (κ1) is 11.6. The number of nitrogens with zero attached hydrogens (tertiary/aromatic N) is 6. The van der Waals surface area contributed by atoms with E-state index in [1.54, 1.807) is 13.8 Å². The maximum absolute atomic E-state index is 9.82. The molecule has 0 aliphatic carbocycles. The minimum absolute atomic E-state index is 0.0831. The molecule has 0 unspecified atom stereocenters. The quantitative estimate of drug-likeness (QED) is 0.392. The molecular weight excluding hydrogens is 172 g/mol. The molecule has 0 saturated heterocycles. The van der Waals surface area contributed by atoms with Crippen LogP contribution in [0.25, 0.3) is 20.9 Å². The maximum Gasteiger partial charge on any atom is 0.0783 e. The molecule has 0 saturated carbocycles.